The number of anilines is 1. The Labute approximate surface area is 107 Å². The number of nitrogens with one attached hydrogen (secondary N) is 1. The van der Waals surface area contributed by atoms with Gasteiger partial charge in [0.25, 0.3) is 0 Å². The van der Waals surface area contributed by atoms with Crippen molar-refractivity contribution in [2.45, 2.75) is 38.3 Å². The Bertz CT molecular complexity index is 403. The van der Waals surface area contributed by atoms with Crippen LogP contribution in [0.2, 0.25) is 0 Å². The highest BCUT2D eigenvalue weighted by molar-refractivity contribution is 5.73. The van der Waals surface area contributed by atoms with E-state index in [4.69, 9.17) is 11.5 Å². The van der Waals surface area contributed by atoms with Crippen molar-refractivity contribution < 1.29 is 4.79 Å². The van der Waals surface area contributed by atoms with Crippen LogP contribution in [0.5, 0.6) is 0 Å². The zero-order valence-electron chi connectivity index (χ0n) is 10.5. The van der Waals surface area contributed by atoms with Gasteiger partial charge in [-0.1, -0.05) is 12.8 Å². The summed E-state index contributed by atoms with van der Waals surface area (Å²) in [4.78, 5) is 10.8. The first-order chi connectivity index (χ1) is 8.69. The number of rotatable bonds is 5. The molecule has 2 rings (SSSR count). The van der Waals surface area contributed by atoms with E-state index in [0.717, 1.165) is 12.1 Å². The van der Waals surface area contributed by atoms with Crippen LogP contribution in [0.15, 0.2) is 12.4 Å². The molecule has 6 heteroatoms. The third-order valence-electron chi connectivity index (χ3n) is 3.51. The van der Waals surface area contributed by atoms with Gasteiger partial charge >= 0.3 is 0 Å². The maximum absolute atomic E-state index is 10.8. The van der Waals surface area contributed by atoms with Crippen LogP contribution in [0, 0.1) is 5.92 Å². The molecule has 0 aromatic carbocycles. The number of aromatic nitrogens is 2. The summed E-state index contributed by atoms with van der Waals surface area (Å²) < 4.78 is 1.55. The fraction of sp³-hybridized carbons (Fsp3) is 0.667. The Morgan fingerprint density at radius 1 is 1.50 bits per heavy atom. The molecule has 100 valence electrons. The Kier molecular flexibility index (Phi) is 4.19. The second-order valence-electron chi connectivity index (χ2n) is 4.92. The summed E-state index contributed by atoms with van der Waals surface area (Å²) in [6, 6.07) is 0.412. The van der Waals surface area contributed by atoms with Crippen LogP contribution in [-0.4, -0.2) is 28.3 Å². The summed E-state index contributed by atoms with van der Waals surface area (Å²) in [7, 11) is 0. The van der Waals surface area contributed by atoms with Crippen LogP contribution < -0.4 is 16.8 Å². The van der Waals surface area contributed by atoms with Gasteiger partial charge in [0, 0.05) is 12.2 Å². The molecule has 2 atom stereocenters. The van der Waals surface area contributed by atoms with Gasteiger partial charge < -0.3 is 16.8 Å². The molecule has 5 N–H and O–H groups in total. The van der Waals surface area contributed by atoms with Crippen LogP contribution in [-0.2, 0) is 11.3 Å². The molecule has 2 unspecified atom stereocenters. The van der Waals surface area contributed by atoms with E-state index in [9.17, 15) is 4.79 Å². The number of carbonyl (C=O) groups is 1. The second-order valence-corrected chi connectivity index (χ2v) is 4.92. The fourth-order valence-electron chi connectivity index (χ4n) is 2.58. The van der Waals surface area contributed by atoms with Crippen molar-refractivity contribution in [3.8, 4) is 0 Å². The van der Waals surface area contributed by atoms with Gasteiger partial charge in [0.1, 0.15) is 6.54 Å². The molecular formula is C12H21N5O. The highest BCUT2D eigenvalue weighted by Gasteiger charge is 2.23. The lowest BCUT2D eigenvalue weighted by molar-refractivity contribution is -0.118. The largest absolute Gasteiger partial charge is 0.379 e. The highest BCUT2D eigenvalue weighted by atomic mass is 16.1. The first kappa shape index (κ1) is 12.9. The molecular weight excluding hydrogens is 230 g/mol. The minimum absolute atomic E-state index is 0.118. The monoisotopic (exact) mass is 251 g/mol. The smallest absolute Gasteiger partial charge is 0.239 e. The summed E-state index contributed by atoms with van der Waals surface area (Å²) in [5.41, 5.74) is 11.9. The molecule has 1 amide bonds. The Morgan fingerprint density at radius 2 is 2.28 bits per heavy atom. The summed E-state index contributed by atoms with van der Waals surface area (Å²) in [6.07, 6.45) is 8.37. The first-order valence-electron chi connectivity index (χ1n) is 6.46. The number of nitrogens with two attached hydrogens (primary N) is 2. The Hall–Kier alpha value is -1.56. The molecule has 0 bridgehead atoms. The summed E-state index contributed by atoms with van der Waals surface area (Å²) in [5.74, 6) is 0.139. The second kappa shape index (κ2) is 5.86. The molecule has 1 heterocycles. The highest BCUT2D eigenvalue weighted by Crippen LogP contribution is 2.26. The zero-order valence-corrected chi connectivity index (χ0v) is 10.5. The van der Waals surface area contributed by atoms with E-state index in [-0.39, 0.29) is 12.5 Å². The van der Waals surface area contributed by atoms with Gasteiger partial charge in [-0.15, -0.1) is 0 Å². The lowest BCUT2D eigenvalue weighted by Gasteiger charge is -2.31. The summed E-state index contributed by atoms with van der Waals surface area (Å²) in [5, 5.41) is 7.55. The maximum atomic E-state index is 10.8. The standard InChI is InChI=1S/C12H21N5O/c13-5-9-3-1-2-4-11(9)16-10-6-15-17(7-10)8-12(14)18/h6-7,9,11,16H,1-5,8,13H2,(H2,14,18). The zero-order chi connectivity index (χ0) is 13.0. The third kappa shape index (κ3) is 3.22. The van der Waals surface area contributed by atoms with Crippen LogP contribution >= 0.6 is 0 Å². The van der Waals surface area contributed by atoms with Crippen molar-refractivity contribution in [3.63, 3.8) is 0 Å². The molecule has 1 aromatic rings. The van der Waals surface area contributed by atoms with Crippen LogP contribution in [0.3, 0.4) is 0 Å². The summed E-state index contributed by atoms with van der Waals surface area (Å²) >= 11 is 0. The number of hydrogen-bond donors (Lipinski definition) is 3. The molecule has 0 spiro atoms. The quantitative estimate of drug-likeness (QED) is 0.700. The van der Waals surface area contributed by atoms with Crippen molar-refractivity contribution in [1.82, 2.24) is 9.78 Å². The topological polar surface area (TPSA) is 99.0 Å². The normalized spacial score (nSPS) is 23.8. The molecule has 1 saturated carbocycles. The third-order valence-corrected chi connectivity index (χ3v) is 3.51. The Balaban J connectivity index is 1.95. The fourth-order valence-corrected chi connectivity index (χ4v) is 2.58. The molecule has 0 radical (unpaired) electrons. The van der Waals surface area contributed by atoms with Gasteiger partial charge in [0.2, 0.25) is 5.91 Å². The van der Waals surface area contributed by atoms with E-state index < -0.39 is 0 Å². The number of primary amides is 1. The maximum Gasteiger partial charge on any atom is 0.239 e. The van der Waals surface area contributed by atoms with E-state index in [2.05, 4.69) is 10.4 Å². The molecule has 6 nitrogen and oxygen atoms in total. The van der Waals surface area contributed by atoms with E-state index >= 15 is 0 Å². The van der Waals surface area contributed by atoms with Crippen molar-refractivity contribution in [1.29, 1.82) is 0 Å². The molecule has 0 saturated heterocycles. The van der Waals surface area contributed by atoms with Gasteiger partial charge in [-0.05, 0) is 25.3 Å². The predicted molar refractivity (Wildman–Crippen MR) is 69.8 cm³/mol. The number of carbonyl (C=O) groups excluding carboxylic acids is 1. The molecule has 1 aliphatic carbocycles. The van der Waals surface area contributed by atoms with Gasteiger partial charge in [-0.3, -0.25) is 9.48 Å². The molecule has 18 heavy (non-hydrogen) atoms. The lowest BCUT2D eigenvalue weighted by atomic mass is 9.84. The number of amides is 1. The van der Waals surface area contributed by atoms with Crippen LogP contribution in [0.25, 0.3) is 0 Å². The Morgan fingerprint density at radius 3 is 3.00 bits per heavy atom. The lowest BCUT2D eigenvalue weighted by Crippen LogP contribution is -2.36. The van der Waals surface area contributed by atoms with Crippen molar-refractivity contribution >= 4 is 11.6 Å². The molecule has 1 fully saturated rings. The SMILES string of the molecule is NCC1CCCCC1Nc1cnn(CC(N)=O)c1. The average molecular weight is 251 g/mol. The van der Waals surface area contributed by atoms with E-state index in [0.29, 0.717) is 18.5 Å². The predicted octanol–water partition coefficient (Wildman–Crippen LogP) is 0.298. The van der Waals surface area contributed by atoms with Gasteiger partial charge in [0.15, 0.2) is 0 Å². The van der Waals surface area contributed by atoms with Crippen molar-refractivity contribution in [2.75, 3.05) is 11.9 Å². The van der Waals surface area contributed by atoms with Crippen molar-refractivity contribution in [3.05, 3.63) is 12.4 Å². The van der Waals surface area contributed by atoms with Gasteiger partial charge in [-0.2, -0.15) is 5.10 Å². The first-order valence-corrected chi connectivity index (χ1v) is 6.46. The number of nitrogens with zero attached hydrogens (tertiary/aromatic N) is 2. The average Bonchev–Trinajstić information content (AvgIpc) is 2.76. The van der Waals surface area contributed by atoms with E-state index in [1.165, 1.54) is 19.3 Å². The van der Waals surface area contributed by atoms with Crippen molar-refractivity contribution in [2.24, 2.45) is 17.4 Å². The number of hydrogen-bond acceptors (Lipinski definition) is 4. The molecule has 1 aliphatic rings. The van der Waals surface area contributed by atoms with Crippen LogP contribution in [0.4, 0.5) is 5.69 Å². The van der Waals surface area contributed by atoms with Gasteiger partial charge in [0.05, 0.1) is 11.9 Å². The van der Waals surface area contributed by atoms with E-state index in [1.807, 2.05) is 6.20 Å². The summed E-state index contributed by atoms with van der Waals surface area (Å²) in [6.45, 7) is 0.833. The molecule has 1 aromatic heterocycles. The minimum atomic E-state index is -0.387. The molecule has 0 aliphatic heterocycles. The van der Waals surface area contributed by atoms with E-state index in [1.54, 1.807) is 10.9 Å². The minimum Gasteiger partial charge on any atom is -0.379 e. The van der Waals surface area contributed by atoms with Crippen LogP contribution in [0.1, 0.15) is 25.7 Å². The van der Waals surface area contributed by atoms with Gasteiger partial charge in [-0.25, -0.2) is 0 Å².